The zero-order chi connectivity index (χ0) is 13.5. The molecule has 4 heteroatoms. The number of ether oxygens (including phenoxy) is 1. The number of aliphatic imine (C=N–C) groups is 1. The fourth-order valence-electron chi connectivity index (χ4n) is 2.78. The van der Waals surface area contributed by atoms with E-state index >= 15 is 0 Å². The minimum Gasteiger partial charge on any atom is -0.381 e. The van der Waals surface area contributed by atoms with Crippen molar-refractivity contribution in [1.29, 1.82) is 0 Å². The normalized spacial score (nSPS) is 24.0. The van der Waals surface area contributed by atoms with Crippen LogP contribution in [-0.4, -0.2) is 50.8 Å². The van der Waals surface area contributed by atoms with Gasteiger partial charge in [0.25, 0.3) is 0 Å². The largest absolute Gasteiger partial charge is 0.381 e. The molecule has 0 aromatic carbocycles. The second kappa shape index (κ2) is 7.73. The number of hydrogen-bond donors (Lipinski definition) is 1. The third-order valence-electron chi connectivity index (χ3n) is 4.12. The highest BCUT2D eigenvalue weighted by atomic mass is 16.5. The maximum absolute atomic E-state index is 5.52. The van der Waals surface area contributed by atoms with Crippen LogP contribution in [0, 0.1) is 11.8 Å². The van der Waals surface area contributed by atoms with Gasteiger partial charge in [-0.05, 0) is 32.1 Å². The standard InChI is InChI=1S/C15H29N3O/c1-3-19-12-14-8-10-18(11-14)15(16-2)17-9-4-5-13-6-7-13/h13-14H,3-12H2,1-2H3,(H,16,17). The van der Waals surface area contributed by atoms with E-state index in [1.54, 1.807) is 0 Å². The van der Waals surface area contributed by atoms with Gasteiger partial charge in [-0.25, -0.2) is 0 Å². The molecule has 1 saturated carbocycles. The molecule has 2 aliphatic rings. The van der Waals surface area contributed by atoms with Crippen molar-refractivity contribution in [3.8, 4) is 0 Å². The van der Waals surface area contributed by atoms with Crippen LogP contribution in [0.15, 0.2) is 4.99 Å². The number of nitrogens with zero attached hydrogens (tertiary/aromatic N) is 2. The fraction of sp³-hybridized carbons (Fsp3) is 0.933. The van der Waals surface area contributed by atoms with Crippen molar-refractivity contribution in [2.45, 2.75) is 39.0 Å². The van der Waals surface area contributed by atoms with Crippen molar-refractivity contribution < 1.29 is 4.74 Å². The molecule has 0 amide bonds. The van der Waals surface area contributed by atoms with Crippen molar-refractivity contribution in [3.63, 3.8) is 0 Å². The molecule has 110 valence electrons. The molecule has 1 aliphatic heterocycles. The van der Waals surface area contributed by atoms with Crippen molar-refractivity contribution in [2.75, 3.05) is 39.9 Å². The molecule has 4 nitrogen and oxygen atoms in total. The molecule has 19 heavy (non-hydrogen) atoms. The van der Waals surface area contributed by atoms with Crippen molar-refractivity contribution in [2.24, 2.45) is 16.8 Å². The monoisotopic (exact) mass is 267 g/mol. The molecule has 0 aromatic rings. The number of rotatable bonds is 7. The Balaban J connectivity index is 1.63. The molecule has 1 N–H and O–H groups in total. The summed E-state index contributed by atoms with van der Waals surface area (Å²) in [6, 6.07) is 0. The highest BCUT2D eigenvalue weighted by Gasteiger charge is 2.25. The van der Waals surface area contributed by atoms with Gasteiger partial charge in [-0.15, -0.1) is 0 Å². The number of guanidine groups is 1. The summed E-state index contributed by atoms with van der Waals surface area (Å²) in [6.45, 7) is 7.04. The number of nitrogens with one attached hydrogen (secondary N) is 1. The Hall–Kier alpha value is -0.770. The second-order valence-corrected chi connectivity index (χ2v) is 5.82. The molecular formula is C15H29N3O. The van der Waals surface area contributed by atoms with E-state index in [2.05, 4.69) is 22.1 Å². The maximum atomic E-state index is 5.52. The zero-order valence-electron chi connectivity index (χ0n) is 12.5. The minimum absolute atomic E-state index is 0.671. The minimum atomic E-state index is 0.671. The highest BCUT2D eigenvalue weighted by Crippen LogP contribution is 2.33. The topological polar surface area (TPSA) is 36.9 Å². The highest BCUT2D eigenvalue weighted by molar-refractivity contribution is 5.80. The summed E-state index contributed by atoms with van der Waals surface area (Å²) in [5.41, 5.74) is 0. The number of likely N-dealkylation sites (tertiary alicyclic amines) is 1. The lowest BCUT2D eigenvalue weighted by Crippen LogP contribution is -2.40. The van der Waals surface area contributed by atoms with Gasteiger partial charge in [-0.2, -0.15) is 0 Å². The lowest BCUT2D eigenvalue weighted by Gasteiger charge is -2.21. The van der Waals surface area contributed by atoms with Crippen LogP contribution in [0.5, 0.6) is 0 Å². The molecular weight excluding hydrogens is 238 g/mol. The fourth-order valence-corrected chi connectivity index (χ4v) is 2.78. The second-order valence-electron chi connectivity index (χ2n) is 5.82. The van der Waals surface area contributed by atoms with Crippen LogP contribution in [0.2, 0.25) is 0 Å². The lowest BCUT2D eigenvalue weighted by atomic mass is 10.1. The van der Waals surface area contributed by atoms with Gasteiger partial charge < -0.3 is 15.0 Å². The Morgan fingerprint density at radius 1 is 1.32 bits per heavy atom. The van der Waals surface area contributed by atoms with Crippen LogP contribution in [0.3, 0.4) is 0 Å². The van der Waals surface area contributed by atoms with Gasteiger partial charge in [0.05, 0.1) is 6.61 Å². The third kappa shape index (κ3) is 5.01. The summed E-state index contributed by atoms with van der Waals surface area (Å²) in [5.74, 6) is 2.78. The van der Waals surface area contributed by atoms with Crippen LogP contribution in [0.25, 0.3) is 0 Å². The van der Waals surface area contributed by atoms with E-state index in [-0.39, 0.29) is 0 Å². The SMILES string of the molecule is CCOCC1CCN(C(=NC)NCCCC2CC2)C1. The van der Waals surface area contributed by atoms with Crippen LogP contribution in [0.1, 0.15) is 39.0 Å². The van der Waals surface area contributed by atoms with Gasteiger partial charge >= 0.3 is 0 Å². The van der Waals surface area contributed by atoms with E-state index < -0.39 is 0 Å². The Kier molecular flexibility index (Phi) is 5.95. The Labute approximate surface area is 117 Å². The van der Waals surface area contributed by atoms with E-state index in [9.17, 15) is 0 Å². The maximum Gasteiger partial charge on any atom is 0.193 e. The van der Waals surface area contributed by atoms with Crippen LogP contribution in [0.4, 0.5) is 0 Å². The van der Waals surface area contributed by atoms with Crippen LogP contribution in [-0.2, 0) is 4.74 Å². The molecule has 1 unspecified atom stereocenters. The predicted octanol–water partition coefficient (Wildman–Crippen LogP) is 2.11. The quantitative estimate of drug-likeness (QED) is 0.436. The van der Waals surface area contributed by atoms with E-state index in [1.165, 1.54) is 32.1 Å². The van der Waals surface area contributed by atoms with Crippen molar-refractivity contribution in [1.82, 2.24) is 10.2 Å². The first-order chi connectivity index (χ1) is 9.33. The Morgan fingerprint density at radius 3 is 2.84 bits per heavy atom. The molecule has 0 aromatic heterocycles. The first kappa shape index (κ1) is 14.6. The van der Waals surface area contributed by atoms with Gasteiger partial charge in [0.1, 0.15) is 0 Å². The lowest BCUT2D eigenvalue weighted by molar-refractivity contribution is 0.114. The molecule has 1 atom stereocenters. The molecule has 1 saturated heterocycles. The van der Waals surface area contributed by atoms with E-state index in [1.807, 2.05) is 7.05 Å². The smallest absolute Gasteiger partial charge is 0.193 e. The van der Waals surface area contributed by atoms with Gasteiger partial charge in [0, 0.05) is 39.2 Å². The van der Waals surface area contributed by atoms with Gasteiger partial charge in [0.15, 0.2) is 5.96 Å². The molecule has 0 spiro atoms. The van der Waals surface area contributed by atoms with Gasteiger partial charge in [0.2, 0.25) is 0 Å². The third-order valence-corrected chi connectivity index (χ3v) is 4.12. The van der Waals surface area contributed by atoms with E-state index in [0.29, 0.717) is 5.92 Å². The van der Waals surface area contributed by atoms with Gasteiger partial charge in [-0.1, -0.05) is 12.8 Å². The molecule has 0 radical (unpaired) electrons. The van der Waals surface area contributed by atoms with E-state index in [4.69, 9.17) is 4.74 Å². The Morgan fingerprint density at radius 2 is 2.16 bits per heavy atom. The first-order valence-corrected chi connectivity index (χ1v) is 7.86. The summed E-state index contributed by atoms with van der Waals surface area (Å²) in [4.78, 5) is 6.78. The van der Waals surface area contributed by atoms with E-state index in [0.717, 1.165) is 44.7 Å². The number of hydrogen-bond acceptors (Lipinski definition) is 2. The Bertz CT molecular complexity index is 289. The average molecular weight is 267 g/mol. The van der Waals surface area contributed by atoms with Crippen molar-refractivity contribution >= 4 is 5.96 Å². The van der Waals surface area contributed by atoms with Crippen LogP contribution >= 0.6 is 0 Å². The molecule has 2 rings (SSSR count). The zero-order valence-corrected chi connectivity index (χ0v) is 12.5. The molecule has 2 fully saturated rings. The summed E-state index contributed by atoms with van der Waals surface area (Å²) >= 11 is 0. The first-order valence-electron chi connectivity index (χ1n) is 7.86. The summed E-state index contributed by atoms with van der Waals surface area (Å²) in [6.07, 6.45) is 6.81. The summed E-state index contributed by atoms with van der Waals surface area (Å²) < 4.78 is 5.52. The molecule has 0 bridgehead atoms. The summed E-state index contributed by atoms with van der Waals surface area (Å²) in [7, 11) is 1.89. The van der Waals surface area contributed by atoms with Gasteiger partial charge in [-0.3, -0.25) is 4.99 Å². The average Bonchev–Trinajstić information content (AvgIpc) is 3.14. The van der Waals surface area contributed by atoms with Crippen LogP contribution < -0.4 is 5.32 Å². The molecule has 1 aliphatic carbocycles. The predicted molar refractivity (Wildman–Crippen MR) is 79.5 cm³/mol. The summed E-state index contributed by atoms with van der Waals surface area (Å²) in [5, 5.41) is 3.51. The molecule has 1 heterocycles. The van der Waals surface area contributed by atoms with Crippen molar-refractivity contribution in [3.05, 3.63) is 0 Å².